The maximum absolute atomic E-state index is 13.1. The van der Waals surface area contributed by atoms with Crippen LogP contribution in [-0.2, 0) is 4.79 Å². The molecule has 1 unspecified atom stereocenters. The van der Waals surface area contributed by atoms with Gasteiger partial charge in [0.1, 0.15) is 11.5 Å². The molecule has 4 rings (SSSR count). The van der Waals surface area contributed by atoms with Crippen LogP contribution in [0.4, 0.5) is 0 Å². The second kappa shape index (κ2) is 8.93. The molecule has 152 valence electrons. The molecule has 2 atom stereocenters. The second-order valence-corrected chi connectivity index (χ2v) is 7.51. The Hall–Kier alpha value is -3.44. The second-order valence-electron chi connectivity index (χ2n) is 7.51. The van der Waals surface area contributed by atoms with Gasteiger partial charge in [-0.15, -0.1) is 0 Å². The number of nitrogens with zero attached hydrogens (tertiary/aromatic N) is 1. The lowest BCUT2D eigenvalue weighted by Crippen LogP contribution is -2.36. The summed E-state index contributed by atoms with van der Waals surface area (Å²) in [7, 11) is 0. The first kappa shape index (κ1) is 19.9. The van der Waals surface area contributed by atoms with E-state index in [1.807, 2.05) is 54.6 Å². The van der Waals surface area contributed by atoms with E-state index in [2.05, 4.69) is 11.4 Å². The number of benzene rings is 2. The number of phenolic OH excluding ortho intramolecular Hbond substituents is 1. The van der Waals surface area contributed by atoms with Gasteiger partial charge in [-0.2, -0.15) is 0 Å². The molecule has 0 saturated carbocycles. The van der Waals surface area contributed by atoms with Gasteiger partial charge in [0.15, 0.2) is 0 Å². The first-order chi connectivity index (χ1) is 14.6. The number of fused-ring (bicyclic) bond motifs is 2. The van der Waals surface area contributed by atoms with Gasteiger partial charge in [0.25, 0.3) is 5.91 Å². The first-order valence-electron chi connectivity index (χ1n) is 10.1. The molecule has 2 aliphatic rings. The molecule has 0 spiro atoms. The van der Waals surface area contributed by atoms with E-state index in [-0.39, 0.29) is 24.2 Å². The molecule has 1 aliphatic carbocycles. The van der Waals surface area contributed by atoms with Gasteiger partial charge in [-0.05, 0) is 35.6 Å². The van der Waals surface area contributed by atoms with Crippen molar-refractivity contribution in [2.45, 2.75) is 18.9 Å². The summed E-state index contributed by atoms with van der Waals surface area (Å²) in [4.78, 5) is 17.9. The van der Waals surface area contributed by atoms with Crippen molar-refractivity contribution < 1.29 is 15.0 Å². The van der Waals surface area contributed by atoms with Gasteiger partial charge in [0, 0.05) is 12.0 Å². The Morgan fingerprint density at radius 3 is 2.70 bits per heavy atom. The van der Waals surface area contributed by atoms with Crippen molar-refractivity contribution >= 4 is 17.3 Å². The van der Waals surface area contributed by atoms with E-state index < -0.39 is 6.04 Å². The van der Waals surface area contributed by atoms with Crippen LogP contribution in [0.25, 0.3) is 5.70 Å². The van der Waals surface area contributed by atoms with E-state index in [1.165, 1.54) is 0 Å². The Kier molecular flexibility index (Phi) is 5.91. The van der Waals surface area contributed by atoms with Crippen LogP contribution in [-0.4, -0.2) is 28.4 Å². The van der Waals surface area contributed by atoms with Crippen LogP contribution in [0.5, 0.6) is 5.75 Å². The molecule has 1 heterocycles. The van der Waals surface area contributed by atoms with Gasteiger partial charge in [-0.3, -0.25) is 4.79 Å². The first-order valence-corrected chi connectivity index (χ1v) is 10.1. The zero-order valence-corrected chi connectivity index (χ0v) is 16.5. The van der Waals surface area contributed by atoms with Crippen LogP contribution in [0.15, 0.2) is 89.5 Å². The van der Waals surface area contributed by atoms with Crippen molar-refractivity contribution in [2.24, 2.45) is 10.9 Å². The van der Waals surface area contributed by atoms with Crippen LogP contribution in [0, 0.1) is 5.92 Å². The lowest BCUT2D eigenvalue weighted by atomic mass is 9.94. The Bertz CT molecular complexity index is 1050. The minimum absolute atomic E-state index is 0.151. The maximum Gasteiger partial charge on any atom is 0.266 e. The molecular formula is C25H24N2O3. The van der Waals surface area contributed by atoms with Gasteiger partial charge < -0.3 is 15.5 Å². The number of aliphatic hydroxyl groups is 1. The third kappa shape index (κ3) is 4.42. The minimum Gasteiger partial charge on any atom is -0.508 e. The molecule has 2 bridgehead atoms. The fraction of sp³-hybridized carbons (Fsp3) is 0.200. The summed E-state index contributed by atoms with van der Waals surface area (Å²) in [6.45, 7) is -0.199. The number of hydrogen-bond donors (Lipinski definition) is 3. The van der Waals surface area contributed by atoms with Crippen molar-refractivity contribution in [1.82, 2.24) is 5.32 Å². The number of aliphatic imine (C=N–C) groups is 1. The quantitative estimate of drug-likeness (QED) is 0.711. The summed E-state index contributed by atoms with van der Waals surface area (Å²) in [6, 6.07) is 15.8. The zero-order chi connectivity index (χ0) is 20.9. The topological polar surface area (TPSA) is 81.9 Å². The van der Waals surface area contributed by atoms with E-state index in [4.69, 9.17) is 4.99 Å². The van der Waals surface area contributed by atoms with Gasteiger partial charge >= 0.3 is 0 Å². The minimum atomic E-state index is -0.501. The Morgan fingerprint density at radius 1 is 1.10 bits per heavy atom. The highest BCUT2D eigenvalue weighted by molar-refractivity contribution is 6.40. The van der Waals surface area contributed by atoms with Crippen molar-refractivity contribution in [3.63, 3.8) is 0 Å². The third-order valence-corrected chi connectivity index (χ3v) is 5.35. The standard InChI is InChI=1S/C25H24N2O3/c28-16-23(18-8-2-1-3-9-18)27-25(30)22-14-17-7-4-5-10-19(13-17)24(26-22)20-11-6-12-21(29)15-20/h1-12,15,17,23,28-29H,13-14,16H2,(H,27,30)/t17?,23-/m0/s1. The molecule has 0 aromatic heterocycles. The number of phenols is 1. The molecule has 1 aliphatic heterocycles. The lowest BCUT2D eigenvalue weighted by molar-refractivity contribution is -0.116. The summed E-state index contributed by atoms with van der Waals surface area (Å²) >= 11 is 0. The van der Waals surface area contributed by atoms with Gasteiger partial charge in [-0.1, -0.05) is 66.8 Å². The van der Waals surface area contributed by atoms with Crippen LogP contribution in [0.2, 0.25) is 0 Å². The van der Waals surface area contributed by atoms with E-state index in [9.17, 15) is 15.0 Å². The molecule has 1 amide bonds. The van der Waals surface area contributed by atoms with Crippen LogP contribution < -0.4 is 5.32 Å². The molecular weight excluding hydrogens is 376 g/mol. The van der Waals surface area contributed by atoms with Crippen LogP contribution >= 0.6 is 0 Å². The van der Waals surface area contributed by atoms with E-state index in [0.29, 0.717) is 17.8 Å². The molecule has 30 heavy (non-hydrogen) atoms. The van der Waals surface area contributed by atoms with E-state index >= 15 is 0 Å². The van der Waals surface area contributed by atoms with Gasteiger partial charge in [0.2, 0.25) is 0 Å². The fourth-order valence-corrected chi connectivity index (χ4v) is 3.84. The number of nitrogens with one attached hydrogen (secondary N) is 1. The number of aliphatic hydroxyl groups excluding tert-OH is 1. The van der Waals surface area contributed by atoms with Crippen molar-refractivity contribution in [3.8, 4) is 5.75 Å². The highest BCUT2D eigenvalue weighted by atomic mass is 16.3. The Labute approximate surface area is 175 Å². The third-order valence-electron chi connectivity index (χ3n) is 5.35. The number of carbonyl (C=O) groups is 1. The van der Waals surface area contributed by atoms with E-state index in [0.717, 1.165) is 23.1 Å². The number of aromatic hydroxyl groups is 1. The van der Waals surface area contributed by atoms with Crippen molar-refractivity contribution in [1.29, 1.82) is 0 Å². The van der Waals surface area contributed by atoms with E-state index in [1.54, 1.807) is 18.2 Å². The lowest BCUT2D eigenvalue weighted by Gasteiger charge is -2.18. The molecule has 0 fully saturated rings. The summed E-state index contributed by atoms with van der Waals surface area (Å²) in [5, 5.41) is 22.7. The number of carbonyl (C=O) groups excluding carboxylic acids is 1. The number of hydrogen-bond acceptors (Lipinski definition) is 4. The predicted octanol–water partition coefficient (Wildman–Crippen LogP) is 3.93. The SMILES string of the molecule is O=C(N[C@@H](CO)c1ccccc1)C1=NC(c2cccc(O)c2)=C2C=CC=CC(C1)C2. The van der Waals surface area contributed by atoms with Crippen LogP contribution in [0.1, 0.15) is 30.0 Å². The molecule has 5 nitrogen and oxygen atoms in total. The summed E-state index contributed by atoms with van der Waals surface area (Å²) < 4.78 is 0. The molecule has 2 aromatic rings. The van der Waals surface area contributed by atoms with Crippen LogP contribution in [0.3, 0.4) is 0 Å². The zero-order valence-electron chi connectivity index (χ0n) is 16.5. The fourth-order valence-electron chi connectivity index (χ4n) is 3.84. The smallest absolute Gasteiger partial charge is 0.266 e. The van der Waals surface area contributed by atoms with Gasteiger partial charge in [-0.25, -0.2) is 4.99 Å². The molecule has 2 aromatic carbocycles. The molecule has 0 saturated heterocycles. The molecule has 0 radical (unpaired) electrons. The summed E-state index contributed by atoms with van der Waals surface area (Å²) in [5.74, 6) is 0.0149. The predicted molar refractivity (Wildman–Crippen MR) is 118 cm³/mol. The normalized spacial score (nSPS) is 19.0. The number of amides is 1. The summed E-state index contributed by atoms with van der Waals surface area (Å²) in [5.41, 5.74) is 3.75. The number of allylic oxidation sites excluding steroid dienone is 5. The van der Waals surface area contributed by atoms with Crippen molar-refractivity contribution in [3.05, 3.63) is 95.6 Å². The number of rotatable bonds is 5. The average Bonchev–Trinajstić information content (AvgIpc) is 3.11. The Morgan fingerprint density at radius 2 is 1.93 bits per heavy atom. The molecule has 3 N–H and O–H groups in total. The monoisotopic (exact) mass is 400 g/mol. The summed E-state index contributed by atoms with van der Waals surface area (Å²) in [6.07, 6.45) is 9.36. The highest BCUT2D eigenvalue weighted by Gasteiger charge is 2.26. The largest absolute Gasteiger partial charge is 0.508 e. The average molecular weight is 400 g/mol. The molecule has 5 heteroatoms. The van der Waals surface area contributed by atoms with Crippen molar-refractivity contribution in [2.75, 3.05) is 6.61 Å². The highest BCUT2D eigenvalue weighted by Crippen LogP contribution is 2.34. The maximum atomic E-state index is 13.1. The Balaban J connectivity index is 1.69. The van der Waals surface area contributed by atoms with Gasteiger partial charge in [0.05, 0.1) is 18.3 Å².